The van der Waals surface area contributed by atoms with E-state index in [4.69, 9.17) is 0 Å². The minimum absolute atomic E-state index is 0.0108. The Bertz CT molecular complexity index is 315. The third-order valence-electron chi connectivity index (χ3n) is 3.81. The maximum absolute atomic E-state index is 12.0. The van der Waals surface area contributed by atoms with Gasteiger partial charge < -0.3 is 16.0 Å². The van der Waals surface area contributed by atoms with Crippen LogP contribution in [-0.2, 0) is 9.59 Å². The predicted molar refractivity (Wildman–Crippen MR) is 68.1 cm³/mol. The molecule has 0 saturated carbocycles. The van der Waals surface area contributed by atoms with Crippen molar-refractivity contribution < 1.29 is 9.59 Å². The number of piperidine rings is 1. The highest BCUT2D eigenvalue weighted by Gasteiger charge is 2.35. The van der Waals surface area contributed by atoms with Crippen molar-refractivity contribution in [2.75, 3.05) is 33.2 Å². The fourth-order valence-electron chi connectivity index (χ4n) is 2.80. The Morgan fingerprint density at radius 2 is 2.11 bits per heavy atom. The lowest BCUT2D eigenvalue weighted by Crippen LogP contribution is -2.60. The van der Waals surface area contributed by atoms with Crippen LogP contribution in [0, 0.1) is 0 Å². The third-order valence-corrected chi connectivity index (χ3v) is 3.81. The molecule has 0 aromatic heterocycles. The van der Waals surface area contributed by atoms with Crippen molar-refractivity contribution in [3.05, 3.63) is 0 Å². The van der Waals surface area contributed by atoms with Crippen LogP contribution in [0.1, 0.15) is 19.3 Å². The molecule has 2 amide bonds. The number of amides is 2. The summed E-state index contributed by atoms with van der Waals surface area (Å²) >= 11 is 0. The van der Waals surface area contributed by atoms with E-state index in [1.807, 2.05) is 0 Å². The number of hydrogen-bond acceptors (Lipinski definition) is 4. The highest BCUT2D eigenvalue weighted by atomic mass is 16.2. The Labute approximate surface area is 107 Å². The molecule has 18 heavy (non-hydrogen) atoms. The molecule has 2 aliphatic rings. The zero-order chi connectivity index (χ0) is 13.0. The lowest BCUT2D eigenvalue weighted by Gasteiger charge is -2.41. The highest BCUT2D eigenvalue weighted by Crippen LogP contribution is 2.19. The van der Waals surface area contributed by atoms with Gasteiger partial charge in [-0.05, 0) is 25.9 Å². The van der Waals surface area contributed by atoms with Crippen LogP contribution in [0.3, 0.4) is 0 Å². The predicted octanol–water partition coefficient (Wildman–Crippen LogP) is -1.33. The first kappa shape index (κ1) is 13.3. The SMILES string of the molecule is CNC(=O)C[C@H]1C(=O)NCCN1C1CCNCC1. The molecular weight excluding hydrogens is 232 g/mol. The molecule has 2 rings (SSSR count). The van der Waals surface area contributed by atoms with Gasteiger partial charge in [0.2, 0.25) is 11.8 Å². The summed E-state index contributed by atoms with van der Waals surface area (Å²) in [6, 6.07) is 0.119. The van der Waals surface area contributed by atoms with Crippen molar-refractivity contribution in [2.45, 2.75) is 31.3 Å². The van der Waals surface area contributed by atoms with E-state index in [1.54, 1.807) is 7.05 Å². The Balaban J connectivity index is 2.03. The third kappa shape index (κ3) is 3.00. The molecule has 2 fully saturated rings. The monoisotopic (exact) mass is 254 g/mol. The van der Waals surface area contributed by atoms with E-state index in [2.05, 4.69) is 20.9 Å². The molecule has 0 spiro atoms. The van der Waals surface area contributed by atoms with Crippen LogP contribution >= 0.6 is 0 Å². The van der Waals surface area contributed by atoms with Gasteiger partial charge in [-0.2, -0.15) is 0 Å². The Morgan fingerprint density at radius 1 is 1.39 bits per heavy atom. The van der Waals surface area contributed by atoms with Crippen LogP contribution in [0.5, 0.6) is 0 Å². The van der Waals surface area contributed by atoms with Gasteiger partial charge in [-0.1, -0.05) is 0 Å². The average molecular weight is 254 g/mol. The molecule has 0 radical (unpaired) electrons. The number of nitrogens with one attached hydrogen (secondary N) is 3. The summed E-state index contributed by atoms with van der Waals surface area (Å²) in [5.41, 5.74) is 0. The van der Waals surface area contributed by atoms with Crippen molar-refractivity contribution in [1.29, 1.82) is 0 Å². The number of rotatable bonds is 3. The van der Waals surface area contributed by atoms with Gasteiger partial charge >= 0.3 is 0 Å². The van der Waals surface area contributed by atoms with E-state index >= 15 is 0 Å². The number of piperazine rings is 1. The number of hydrogen-bond donors (Lipinski definition) is 3. The van der Waals surface area contributed by atoms with Crippen molar-refractivity contribution in [2.24, 2.45) is 0 Å². The number of carbonyl (C=O) groups excluding carboxylic acids is 2. The van der Waals surface area contributed by atoms with Gasteiger partial charge in [-0.15, -0.1) is 0 Å². The summed E-state index contributed by atoms with van der Waals surface area (Å²) in [5.74, 6) is -0.0839. The summed E-state index contributed by atoms with van der Waals surface area (Å²) in [4.78, 5) is 25.7. The van der Waals surface area contributed by atoms with Gasteiger partial charge in [-0.25, -0.2) is 0 Å². The van der Waals surface area contributed by atoms with E-state index in [-0.39, 0.29) is 24.3 Å². The standard InChI is InChI=1S/C12H22N4O2/c1-13-11(17)8-10-12(18)15-6-7-16(10)9-2-4-14-5-3-9/h9-10,14H,2-8H2,1H3,(H,13,17)(H,15,18)/t10-/m0/s1. The average Bonchev–Trinajstić information content (AvgIpc) is 2.42. The molecule has 2 aliphatic heterocycles. The quantitative estimate of drug-likeness (QED) is 0.584. The molecule has 102 valence electrons. The van der Waals surface area contributed by atoms with E-state index in [0.29, 0.717) is 12.6 Å². The summed E-state index contributed by atoms with van der Waals surface area (Å²) < 4.78 is 0. The molecule has 0 bridgehead atoms. The van der Waals surface area contributed by atoms with Gasteiger partial charge in [0.15, 0.2) is 0 Å². The normalized spacial score (nSPS) is 26.7. The summed E-state index contributed by atoms with van der Waals surface area (Å²) in [7, 11) is 1.61. The molecule has 3 N–H and O–H groups in total. The first-order valence-electron chi connectivity index (χ1n) is 6.67. The van der Waals surface area contributed by atoms with Crippen LogP contribution in [0.15, 0.2) is 0 Å². The fraction of sp³-hybridized carbons (Fsp3) is 0.833. The van der Waals surface area contributed by atoms with Crippen LogP contribution in [0.4, 0.5) is 0 Å². The lowest BCUT2D eigenvalue weighted by atomic mass is 9.99. The molecule has 0 aromatic rings. The second-order valence-corrected chi connectivity index (χ2v) is 4.90. The van der Waals surface area contributed by atoms with E-state index in [1.165, 1.54) is 0 Å². The fourth-order valence-corrected chi connectivity index (χ4v) is 2.80. The lowest BCUT2D eigenvalue weighted by molar-refractivity contribution is -0.135. The Morgan fingerprint density at radius 3 is 2.78 bits per heavy atom. The smallest absolute Gasteiger partial charge is 0.237 e. The summed E-state index contributed by atoms with van der Waals surface area (Å²) in [6.45, 7) is 3.52. The first-order chi connectivity index (χ1) is 8.72. The summed E-state index contributed by atoms with van der Waals surface area (Å²) in [5, 5.41) is 8.78. The largest absolute Gasteiger partial charge is 0.359 e. The second-order valence-electron chi connectivity index (χ2n) is 4.90. The van der Waals surface area contributed by atoms with Crippen molar-refractivity contribution in [3.8, 4) is 0 Å². The zero-order valence-corrected chi connectivity index (χ0v) is 10.9. The van der Waals surface area contributed by atoms with Gasteiger partial charge in [0.1, 0.15) is 0 Å². The van der Waals surface area contributed by atoms with Gasteiger partial charge in [0.25, 0.3) is 0 Å². The Hall–Kier alpha value is -1.14. The van der Waals surface area contributed by atoms with E-state index < -0.39 is 0 Å². The van der Waals surface area contributed by atoms with Crippen LogP contribution < -0.4 is 16.0 Å². The minimum atomic E-state index is -0.304. The molecule has 0 unspecified atom stereocenters. The number of carbonyl (C=O) groups is 2. The van der Waals surface area contributed by atoms with E-state index in [0.717, 1.165) is 32.5 Å². The summed E-state index contributed by atoms with van der Waals surface area (Å²) in [6.07, 6.45) is 2.36. The molecule has 2 heterocycles. The van der Waals surface area contributed by atoms with Gasteiger partial charge in [0, 0.05) is 26.2 Å². The topological polar surface area (TPSA) is 73.5 Å². The molecule has 0 aromatic carbocycles. The van der Waals surface area contributed by atoms with Gasteiger partial charge in [-0.3, -0.25) is 14.5 Å². The molecule has 1 atom stereocenters. The minimum Gasteiger partial charge on any atom is -0.359 e. The van der Waals surface area contributed by atoms with Crippen molar-refractivity contribution in [3.63, 3.8) is 0 Å². The van der Waals surface area contributed by atoms with Crippen molar-refractivity contribution in [1.82, 2.24) is 20.9 Å². The molecule has 6 heteroatoms. The first-order valence-corrected chi connectivity index (χ1v) is 6.67. The van der Waals surface area contributed by atoms with Crippen LogP contribution in [0.2, 0.25) is 0 Å². The maximum atomic E-state index is 12.0. The Kier molecular flexibility index (Phi) is 4.54. The maximum Gasteiger partial charge on any atom is 0.237 e. The molecule has 6 nitrogen and oxygen atoms in total. The highest BCUT2D eigenvalue weighted by molar-refractivity contribution is 5.88. The number of nitrogens with zero attached hydrogens (tertiary/aromatic N) is 1. The molecular formula is C12H22N4O2. The molecule has 0 aliphatic carbocycles. The van der Waals surface area contributed by atoms with E-state index in [9.17, 15) is 9.59 Å². The second kappa shape index (κ2) is 6.15. The van der Waals surface area contributed by atoms with Crippen LogP contribution in [0.25, 0.3) is 0 Å². The van der Waals surface area contributed by atoms with Crippen LogP contribution in [-0.4, -0.2) is 62.0 Å². The molecule has 2 saturated heterocycles. The van der Waals surface area contributed by atoms with Gasteiger partial charge in [0.05, 0.1) is 12.5 Å². The zero-order valence-electron chi connectivity index (χ0n) is 10.9. The van der Waals surface area contributed by atoms with Crippen molar-refractivity contribution >= 4 is 11.8 Å².